The maximum Gasteiger partial charge on any atom is 0.219 e. The Hall–Kier alpha value is -2.30. The molecule has 1 aliphatic heterocycles. The van der Waals surface area contributed by atoms with Crippen molar-refractivity contribution in [2.24, 2.45) is 0 Å². The fourth-order valence-corrected chi connectivity index (χ4v) is 2.55. The minimum absolute atomic E-state index is 0.109. The molecule has 1 N–H and O–H groups in total. The summed E-state index contributed by atoms with van der Waals surface area (Å²) in [5.74, 6) is 0.932. The molecule has 0 radical (unpaired) electrons. The van der Waals surface area contributed by atoms with Gasteiger partial charge in [0.1, 0.15) is 5.75 Å². The highest BCUT2D eigenvalue weighted by molar-refractivity contribution is 5.74. The van der Waals surface area contributed by atoms with E-state index in [2.05, 4.69) is 10.2 Å². The van der Waals surface area contributed by atoms with Gasteiger partial charge in [-0.15, -0.1) is 0 Å². The summed E-state index contributed by atoms with van der Waals surface area (Å²) < 4.78 is 5.17. The first-order chi connectivity index (χ1) is 9.69. The normalized spacial score (nSPS) is 14.0. The first-order valence-electron chi connectivity index (χ1n) is 6.65. The highest BCUT2D eigenvalue weighted by Gasteiger charge is 2.23. The summed E-state index contributed by atoms with van der Waals surface area (Å²) in [6.07, 6.45) is 0.831. The highest BCUT2D eigenvalue weighted by Crippen LogP contribution is 2.29. The van der Waals surface area contributed by atoms with Crippen LogP contribution in [0.5, 0.6) is 5.75 Å². The van der Waals surface area contributed by atoms with Crippen LogP contribution >= 0.6 is 0 Å². The van der Waals surface area contributed by atoms with Gasteiger partial charge in [0.25, 0.3) is 0 Å². The molecule has 1 amide bonds. The molecule has 2 aromatic rings. The Kier molecular flexibility index (Phi) is 3.18. The maximum absolute atomic E-state index is 11.5. The molecule has 5 nitrogen and oxygen atoms in total. The number of hydrogen-bond acceptors (Lipinski definition) is 3. The van der Waals surface area contributed by atoms with Crippen LogP contribution in [0.3, 0.4) is 0 Å². The van der Waals surface area contributed by atoms with E-state index in [4.69, 9.17) is 4.74 Å². The first kappa shape index (κ1) is 12.7. The lowest BCUT2D eigenvalue weighted by molar-refractivity contribution is -0.129. The van der Waals surface area contributed by atoms with Crippen LogP contribution in [-0.2, 0) is 17.8 Å². The molecule has 1 aliphatic rings. The van der Waals surface area contributed by atoms with Gasteiger partial charge in [-0.2, -0.15) is 5.10 Å². The number of carbonyl (C=O) groups is 1. The number of aromatic nitrogens is 2. The van der Waals surface area contributed by atoms with Gasteiger partial charge in [-0.1, -0.05) is 0 Å². The number of carbonyl (C=O) groups excluding carboxylic acids is 1. The summed E-state index contributed by atoms with van der Waals surface area (Å²) in [6, 6.07) is 7.81. The van der Waals surface area contributed by atoms with Crippen molar-refractivity contribution in [3.63, 3.8) is 0 Å². The average molecular weight is 271 g/mol. The zero-order valence-electron chi connectivity index (χ0n) is 11.6. The quantitative estimate of drug-likeness (QED) is 0.908. The Bertz CT molecular complexity index is 631. The summed E-state index contributed by atoms with van der Waals surface area (Å²) >= 11 is 0. The molecule has 104 valence electrons. The molecule has 0 fully saturated rings. The molecule has 0 spiro atoms. The first-order valence-corrected chi connectivity index (χ1v) is 6.65. The van der Waals surface area contributed by atoms with Crippen molar-refractivity contribution in [3.8, 4) is 17.0 Å². The van der Waals surface area contributed by atoms with Crippen molar-refractivity contribution in [2.45, 2.75) is 19.9 Å². The van der Waals surface area contributed by atoms with Crippen LogP contribution in [0.1, 0.15) is 18.2 Å². The lowest BCUT2D eigenvalue weighted by Gasteiger charge is -2.25. The van der Waals surface area contributed by atoms with Crippen molar-refractivity contribution >= 4 is 5.91 Å². The number of methoxy groups -OCH3 is 1. The zero-order valence-corrected chi connectivity index (χ0v) is 11.6. The standard InChI is InChI=1S/C15H17N3O2/c1-10(19)18-8-7-14-13(9-18)15(17-16-14)11-3-5-12(20-2)6-4-11/h3-6H,7-9H2,1-2H3,(H,16,17). The van der Waals surface area contributed by atoms with Crippen molar-refractivity contribution in [1.82, 2.24) is 15.1 Å². The molecule has 0 bridgehead atoms. The van der Waals surface area contributed by atoms with Crippen LogP contribution in [-0.4, -0.2) is 34.7 Å². The van der Waals surface area contributed by atoms with Gasteiger partial charge in [-0.3, -0.25) is 9.89 Å². The molecule has 1 aromatic heterocycles. The molecule has 5 heteroatoms. The third-order valence-electron chi connectivity index (χ3n) is 3.74. The molecular formula is C15H17N3O2. The molecule has 20 heavy (non-hydrogen) atoms. The summed E-state index contributed by atoms with van der Waals surface area (Å²) in [7, 11) is 1.65. The van der Waals surface area contributed by atoms with Crippen LogP contribution in [0, 0.1) is 0 Å². The van der Waals surface area contributed by atoms with Crippen molar-refractivity contribution < 1.29 is 9.53 Å². The number of nitrogens with one attached hydrogen (secondary N) is 1. The molecule has 3 rings (SSSR count). The van der Waals surface area contributed by atoms with E-state index in [-0.39, 0.29) is 5.91 Å². The van der Waals surface area contributed by atoms with E-state index in [0.717, 1.165) is 41.2 Å². The zero-order chi connectivity index (χ0) is 14.1. The molecule has 0 atom stereocenters. The van der Waals surface area contributed by atoms with Crippen molar-refractivity contribution in [3.05, 3.63) is 35.5 Å². The summed E-state index contributed by atoms with van der Waals surface area (Å²) in [4.78, 5) is 13.4. The SMILES string of the molecule is COc1ccc(-c2n[nH]c3c2CN(C(C)=O)CC3)cc1. The van der Waals surface area contributed by atoms with Crippen LogP contribution in [0.2, 0.25) is 0 Å². The lowest BCUT2D eigenvalue weighted by Crippen LogP contribution is -2.34. The van der Waals surface area contributed by atoms with Crippen LogP contribution in [0.15, 0.2) is 24.3 Å². The van der Waals surface area contributed by atoms with E-state index >= 15 is 0 Å². The average Bonchev–Trinajstić information content (AvgIpc) is 2.90. The predicted octanol–water partition coefficient (Wildman–Crippen LogP) is 1.99. The molecular weight excluding hydrogens is 254 g/mol. The number of H-pyrrole nitrogens is 1. The van der Waals surface area contributed by atoms with E-state index in [1.807, 2.05) is 29.2 Å². The summed E-state index contributed by atoms with van der Waals surface area (Å²) in [5, 5.41) is 7.51. The molecule has 2 heterocycles. The Morgan fingerprint density at radius 2 is 2.10 bits per heavy atom. The van der Waals surface area contributed by atoms with Crippen molar-refractivity contribution in [1.29, 1.82) is 0 Å². The number of amides is 1. The summed E-state index contributed by atoms with van der Waals surface area (Å²) in [6.45, 7) is 2.99. The van der Waals surface area contributed by atoms with Gasteiger partial charge < -0.3 is 9.64 Å². The Balaban J connectivity index is 1.95. The number of rotatable bonds is 2. The van der Waals surface area contributed by atoms with Crippen LogP contribution < -0.4 is 4.74 Å². The monoisotopic (exact) mass is 271 g/mol. The largest absolute Gasteiger partial charge is 0.497 e. The lowest BCUT2D eigenvalue weighted by atomic mass is 10.0. The number of aromatic amines is 1. The van der Waals surface area contributed by atoms with Gasteiger partial charge in [0.2, 0.25) is 5.91 Å². The minimum atomic E-state index is 0.109. The topological polar surface area (TPSA) is 58.2 Å². The predicted molar refractivity (Wildman–Crippen MR) is 75.4 cm³/mol. The molecule has 0 saturated carbocycles. The highest BCUT2D eigenvalue weighted by atomic mass is 16.5. The second-order valence-electron chi connectivity index (χ2n) is 4.95. The molecule has 0 unspecified atom stereocenters. The fraction of sp³-hybridized carbons (Fsp3) is 0.333. The number of fused-ring (bicyclic) bond motifs is 1. The van der Waals surface area contributed by atoms with Crippen molar-refractivity contribution in [2.75, 3.05) is 13.7 Å². The van der Waals surface area contributed by atoms with E-state index in [9.17, 15) is 4.79 Å². The summed E-state index contributed by atoms with van der Waals surface area (Å²) in [5.41, 5.74) is 4.22. The number of benzene rings is 1. The second-order valence-corrected chi connectivity index (χ2v) is 4.95. The maximum atomic E-state index is 11.5. The molecule has 1 aromatic carbocycles. The van der Waals surface area contributed by atoms with Gasteiger partial charge in [0.15, 0.2) is 0 Å². The number of hydrogen-bond donors (Lipinski definition) is 1. The van der Waals surface area contributed by atoms with Crippen LogP contribution in [0.25, 0.3) is 11.3 Å². The Morgan fingerprint density at radius 3 is 2.75 bits per heavy atom. The third-order valence-corrected chi connectivity index (χ3v) is 3.74. The van der Waals surface area contributed by atoms with E-state index in [1.165, 1.54) is 0 Å². The van der Waals surface area contributed by atoms with Gasteiger partial charge in [0.05, 0.1) is 12.8 Å². The molecule has 0 aliphatic carbocycles. The van der Waals surface area contributed by atoms with Gasteiger partial charge in [-0.25, -0.2) is 0 Å². The smallest absolute Gasteiger partial charge is 0.219 e. The number of ether oxygens (including phenoxy) is 1. The van der Waals surface area contributed by atoms with E-state index in [1.54, 1.807) is 14.0 Å². The van der Waals surface area contributed by atoms with Gasteiger partial charge in [0, 0.05) is 43.3 Å². The van der Waals surface area contributed by atoms with E-state index < -0.39 is 0 Å². The van der Waals surface area contributed by atoms with Crippen LogP contribution in [0.4, 0.5) is 0 Å². The second kappa shape index (κ2) is 5.00. The third kappa shape index (κ3) is 2.15. The minimum Gasteiger partial charge on any atom is -0.497 e. The van der Waals surface area contributed by atoms with Gasteiger partial charge in [-0.05, 0) is 24.3 Å². The number of nitrogens with zero attached hydrogens (tertiary/aromatic N) is 2. The Labute approximate surface area is 117 Å². The molecule has 0 saturated heterocycles. The fourth-order valence-electron chi connectivity index (χ4n) is 2.55. The van der Waals surface area contributed by atoms with Gasteiger partial charge >= 0.3 is 0 Å². The Morgan fingerprint density at radius 1 is 1.35 bits per heavy atom. The van der Waals surface area contributed by atoms with E-state index in [0.29, 0.717) is 6.54 Å².